The SMILES string of the molecule is C/C=C/CCCCC(=O)NC[N+](CO)(CO)CNC(=O)CCCC/C=C/C. The molecule has 0 saturated heterocycles. The van der Waals surface area contributed by atoms with E-state index in [2.05, 4.69) is 22.8 Å². The lowest BCUT2D eigenvalue weighted by atomic mass is 10.2. The number of unbranched alkanes of at least 4 members (excludes halogenated alkanes) is 4. The van der Waals surface area contributed by atoms with Gasteiger partial charge < -0.3 is 20.8 Å². The summed E-state index contributed by atoms with van der Waals surface area (Å²) in [6, 6.07) is 0. The van der Waals surface area contributed by atoms with Crippen LogP contribution in [0.4, 0.5) is 0 Å². The van der Waals surface area contributed by atoms with Gasteiger partial charge in [0, 0.05) is 12.8 Å². The maximum absolute atomic E-state index is 11.9. The number of quaternary nitrogens is 1. The van der Waals surface area contributed by atoms with Gasteiger partial charge in [-0.05, 0) is 52.4 Å². The summed E-state index contributed by atoms with van der Waals surface area (Å²) in [4.78, 5) is 23.8. The molecule has 2 amide bonds. The van der Waals surface area contributed by atoms with E-state index in [4.69, 9.17) is 0 Å². The molecule has 4 N–H and O–H groups in total. The Morgan fingerprint density at radius 3 is 1.52 bits per heavy atom. The number of rotatable bonds is 16. The van der Waals surface area contributed by atoms with Crippen molar-refractivity contribution >= 4 is 11.8 Å². The van der Waals surface area contributed by atoms with Crippen molar-refractivity contribution in [3.8, 4) is 0 Å². The first-order valence-corrected chi connectivity index (χ1v) is 9.86. The molecule has 0 spiro atoms. The lowest BCUT2D eigenvalue weighted by Crippen LogP contribution is -2.59. The van der Waals surface area contributed by atoms with E-state index in [1.54, 1.807) is 0 Å². The van der Waals surface area contributed by atoms with Crippen molar-refractivity contribution in [1.29, 1.82) is 0 Å². The number of nitrogens with zero attached hydrogens (tertiary/aromatic N) is 1. The molecule has 27 heavy (non-hydrogen) atoms. The first-order chi connectivity index (χ1) is 13.0. The first-order valence-electron chi connectivity index (χ1n) is 9.86. The lowest BCUT2D eigenvalue weighted by molar-refractivity contribution is -0.964. The number of hydrogen-bond acceptors (Lipinski definition) is 4. The Morgan fingerprint density at radius 1 is 0.778 bits per heavy atom. The van der Waals surface area contributed by atoms with Gasteiger partial charge in [0.15, 0.2) is 26.8 Å². The van der Waals surface area contributed by atoms with Crippen molar-refractivity contribution in [2.75, 3.05) is 26.8 Å². The fourth-order valence-electron chi connectivity index (χ4n) is 2.42. The molecule has 0 aromatic heterocycles. The number of carbonyl (C=O) groups excluding carboxylic acids is 2. The van der Waals surface area contributed by atoms with Crippen molar-refractivity contribution in [2.45, 2.75) is 65.2 Å². The van der Waals surface area contributed by atoms with Crippen molar-refractivity contribution in [3.63, 3.8) is 0 Å². The number of carbonyl (C=O) groups is 2. The molecule has 0 rings (SSSR count). The normalized spacial score (nSPS) is 12.0. The van der Waals surface area contributed by atoms with Gasteiger partial charge in [-0.15, -0.1) is 0 Å². The summed E-state index contributed by atoms with van der Waals surface area (Å²) in [5.74, 6) is -0.231. The number of hydrogen-bond donors (Lipinski definition) is 4. The lowest BCUT2D eigenvalue weighted by Gasteiger charge is -2.34. The Balaban J connectivity index is 4.18. The quantitative estimate of drug-likeness (QED) is 0.142. The van der Waals surface area contributed by atoms with Gasteiger partial charge in [0.2, 0.25) is 11.8 Å². The minimum Gasteiger partial charge on any atom is -0.347 e. The molecule has 0 atom stereocenters. The molecule has 0 fully saturated rings. The highest BCUT2D eigenvalue weighted by Crippen LogP contribution is 2.05. The van der Waals surface area contributed by atoms with Gasteiger partial charge in [-0.3, -0.25) is 9.59 Å². The minimum absolute atomic E-state index is 0.0717. The van der Waals surface area contributed by atoms with E-state index in [1.165, 1.54) is 0 Å². The average Bonchev–Trinajstić information content (AvgIpc) is 2.68. The average molecular weight is 385 g/mol. The number of amides is 2. The molecule has 7 nitrogen and oxygen atoms in total. The number of aliphatic hydroxyl groups excluding tert-OH is 2. The van der Waals surface area contributed by atoms with Crippen LogP contribution >= 0.6 is 0 Å². The molecule has 0 bridgehead atoms. The van der Waals surface area contributed by atoms with Crippen LogP contribution in [0.5, 0.6) is 0 Å². The Bertz CT molecular complexity index is 422. The number of nitrogens with one attached hydrogen (secondary N) is 2. The molecule has 0 heterocycles. The third kappa shape index (κ3) is 13.2. The molecule has 0 aliphatic heterocycles. The molecule has 156 valence electrons. The van der Waals surface area contributed by atoms with Gasteiger partial charge in [-0.25, -0.2) is 4.48 Å². The molecule has 7 heteroatoms. The second-order valence-electron chi connectivity index (χ2n) is 6.77. The van der Waals surface area contributed by atoms with Gasteiger partial charge in [-0.2, -0.15) is 0 Å². The maximum atomic E-state index is 11.9. The molecule has 0 aliphatic carbocycles. The number of allylic oxidation sites excluding steroid dienone is 4. The van der Waals surface area contributed by atoms with E-state index >= 15 is 0 Å². The Labute approximate surface area is 163 Å². The second kappa shape index (κ2) is 16.5. The molecule has 0 radical (unpaired) electrons. The fraction of sp³-hybridized carbons (Fsp3) is 0.700. The van der Waals surface area contributed by atoms with Crippen LogP contribution in [-0.2, 0) is 9.59 Å². The standard InChI is InChI=1S/C20H37N3O4/c1-3-5-7-9-11-13-19(26)21-15-23(17-24,18-25)16-22-20(27)14-12-10-8-6-4-2/h3-6,24-25H,7-18H2,1-2H3,(H-,21,22,26,27)/p+1/b5-3+,6-4+. The zero-order chi connectivity index (χ0) is 20.4. The largest absolute Gasteiger partial charge is 0.347 e. The zero-order valence-electron chi connectivity index (χ0n) is 17.0. The first kappa shape index (κ1) is 25.3. The summed E-state index contributed by atoms with van der Waals surface area (Å²) in [6.07, 6.45) is 14.3. The van der Waals surface area contributed by atoms with Gasteiger partial charge in [0.05, 0.1) is 0 Å². The third-order valence-electron chi connectivity index (χ3n) is 4.34. The summed E-state index contributed by atoms with van der Waals surface area (Å²) in [6.45, 7) is 3.33. The van der Waals surface area contributed by atoms with E-state index in [0.717, 1.165) is 38.5 Å². The topological polar surface area (TPSA) is 98.7 Å². The molecular formula is C20H38N3O4+. The molecule has 0 unspecified atom stereocenters. The molecule has 0 aromatic carbocycles. The predicted molar refractivity (Wildman–Crippen MR) is 107 cm³/mol. The summed E-state index contributed by atoms with van der Waals surface area (Å²) < 4.78 is -0.214. The van der Waals surface area contributed by atoms with Crippen LogP contribution in [0.25, 0.3) is 0 Å². The Morgan fingerprint density at radius 2 is 1.19 bits per heavy atom. The van der Waals surface area contributed by atoms with E-state index in [9.17, 15) is 19.8 Å². The van der Waals surface area contributed by atoms with Crippen LogP contribution in [0.15, 0.2) is 24.3 Å². The van der Waals surface area contributed by atoms with Crippen molar-refractivity contribution in [3.05, 3.63) is 24.3 Å². The van der Waals surface area contributed by atoms with Gasteiger partial charge in [0.1, 0.15) is 0 Å². The van der Waals surface area contributed by atoms with Crippen LogP contribution in [0.2, 0.25) is 0 Å². The van der Waals surface area contributed by atoms with E-state index in [1.807, 2.05) is 26.0 Å². The van der Waals surface area contributed by atoms with Crippen LogP contribution < -0.4 is 10.6 Å². The third-order valence-corrected chi connectivity index (χ3v) is 4.34. The van der Waals surface area contributed by atoms with Gasteiger partial charge in [-0.1, -0.05) is 24.3 Å². The highest BCUT2D eigenvalue weighted by molar-refractivity contribution is 5.76. The van der Waals surface area contributed by atoms with Crippen LogP contribution in [-0.4, -0.2) is 53.3 Å². The minimum atomic E-state index is -0.375. The van der Waals surface area contributed by atoms with Crippen molar-refractivity contribution < 1.29 is 24.3 Å². The fourth-order valence-corrected chi connectivity index (χ4v) is 2.42. The highest BCUT2D eigenvalue weighted by atomic mass is 16.3. The molecular weight excluding hydrogens is 346 g/mol. The summed E-state index contributed by atoms with van der Waals surface area (Å²) in [5, 5.41) is 24.8. The Kier molecular flexibility index (Phi) is 15.4. The number of aliphatic hydroxyl groups is 2. The van der Waals surface area contributed by atoms with Gasteiger partial charge >= 0.3 is 0 Å². The van der Waals surface area contributed by atoms with E-state index in [0.29, 0.717) is 12.8 Å². The molecule has 0 saturated carbocycles. The van der Waals surface area contributed by atoms with Crippen LogP contribution in [0.1, 0.15) is 65.2 Å². The van der Waals surface area contributed by atoms with Crippen LogP contribution in [0.3, 0.4) is 0 Å². The van der Waals surface area contributed by atoms with Crippen LogP contribution in [0, 0.1) is 0 Å². The molecule has 0 aromatic rings. The highest BCUT2D eigenvalue weighted by Gasteiger charge is 2.26. The molecule has 0 aliphatic rings. The van der Waals surface area contributed by atoms with Crippen molar-refractivity contribution in [2.24, 2.45) is 0 Å². The Hall–Kier alpha value is -1.70. The van der Waals surface area contributed by atoms with E-state index in [-0.39, 0.29) is 43.1 Å². The maximum Gasteiger partial charge on any atom is 0.224 e. The smallest absolute Gasteiger partial charge is 0.224 e. The zero-order valence-corrected chi connectivity index (χ0v) is 17.0. The summed E-state index contributed by atoms with van der Waals surface area (Å²) in [5.41, 5.74) is 0. The summed E-state index contributed by atoms with van der Waals surface area (Å²) >= 11 is 0. The van der Waals surface area contributed by atoms with E-state index < -0.39 is 0 Å². The predicted octanol–water partition coefficient (Wildman–Crippen LogP) is 2.12. The second-order valence-corrected chi connectivity index (χ2v) is 6.77. The van der Waals surface area contributed by atoms with Gasteiger partial charge in [0.25, 0.3) is 0 Å². The monoisotopic (exact) mass is 384 g/mol. The summed E-state index contributed by atoms with van der Waals surface area (Å²) in [7, 11) is 0. The van der Waals surface area contributed by atoms with Crippen molar-refractivity contribution in [1.82, 2.24) is 10.6 Å².